The molecule has 1 nitrogen and oxygen atoms in total. The second kappa shape index (κ2) is 11.0. The zero-order valence-electron chi connectivity index (χ0n) is 15.6. The Bertz CT molecular complexity index is 267. The molecule has 0 unspecified atom stereocenters. The summed E-state index contributed by atoms with van der Waals surface area (Å²) in [6, 6.07) is 0. The number of aliphatic hydroxyl groups excluding tert-OH is 1. The number of rotatable bonds is 11. The van der Waals surface area contributed by atoms with E-state index < -0.39 is 18.4 Å². The van der Waals surface area contributed by atoms with E-state index in [1.165, 1.54) is 56.3 Å². The average Bonchev–Trinajstić information content (AvgIpc) is 2.44. The molecule has 0 aliphatic carbocycles. The first-order valence-corrected chi connectivity index (χ1v) is 17.3. The van der Waals surface area contributed by atoms with Gasteiger partial charge in [0.1, 0.15) is 0 Å². The summed E-state index contributed by atoms with van der Waals surface area (Å²) in [5.41, 5.74) is -0.0854. The summed E-state index contributed by atoms with van der Waals surface area (Å²) in [5, 5.41) is 10.3. The van der Waals surface area contributed by atoms with Gasteiger partial charge in [0, 0.05) is 0 Å². The van der Waals surface area contributed by atoms with Gasteiger partial charge in [-0.1, -0.05) is 0 Å². The molecule has 2 heteroatoms. The zero-order valence-corrected chi connectivity index (χ0v) is 18.4. The molecular formula is C19H40OSn. The maximum atomic E-state index is 10.3. The number of allylic oxidation sites excluding steroid dienone is 2. The van der Waals surface area contributed by atoms with E-state index in [4.69, 9.17) is 0 Å². The SMILES string of the molecule is CCC[CH2][Sn]([CH2]/C=C(\O)C(C)(C)C)([CH2]CCC)[CH2]CCC. The Hall–Kier alpha value is 0.339. The van der Waals surface area contributed by atoms with Crippen LogP contribution in [0.3, 0.4) is 0 Å². The molecule has 0 bridgehead atoms. The summed E-state index contributed by atoms with van der Waals surface area (Å²) in [4.78, 5) is 0. The van der Waals surface area contributed by atoms with Gasteiger partial charge in [0.15, 0.2) is 0 Å². The van der Waals surface area contributed by atoms with Gasteiger partial charge < -0.3 is 0 Å². The van der Waals surface area contributed by atoms with Crippen molar-refractivity contribution in [2.75, 3.05) is 0 Å². The first-order valence-electron chi connectivity index (χ1n) is 9.21. The normalized spacial score (nSPS) is 13.7. The molecule has 1 N–H and O–H groups in total. The number of hydrogen-bond donors (Lipinski definition) is 1. The van der Waals surface area contributed by atoms with Crippen molar-refractivity contribution in [1.29, 1.82) is 0 Å². The first kappa shape index (κ1) is 21.3. The molecule has 0 aromatic carbocycles. The van der Waals surface area contributed by atoms with Gasteiger partial charge in [0.2, 0.25) is 0 Å². The first-order chi connectivity index (χ1) is 9.81. The second-order valence-electron chi connectivity index (χ2n) is 7.85. The molecule has 0 radical (unpaired) electrons. The van der Waals surface area contributed by atoms with Gasteiger partial charge in [-0.15, -0.1) is 0 Å². The number of aliphatic hydroxyl groups is 1. The molecule has 0 saturated heterocycles. The van der Waals surface area contributed by atoms with Crippen LogP contribution in [-0.4, -0.2) is 23.5 Å². The summed E-state index contributed by atoms with van der Waals surface area (Å²) >= 11 is -2.08. The zero-order chi connectivity index (χ0) is 16.4. The fraction of sp³-hybridized carbons (Fsp3) is 0.895. The van der Waals surface area contributed by atoms with E-state index >= 15 is 0 Å². The standard InChI is InChI=1S/C7H13O.3C4H9.Sn/c1-5-6(8)7(2,3)4;3*1-3-4-2;/h5,8H,1H2,2-4H3;3*1,3-4H2,2H3;/b6-5-;;;;. The minimum atomic E-state index is -2.08. The molecule has 21 heavy (non-hydrogen) atoms. The Balaban J connectivity index is 5.02. The Labute approximate surface area is 138 Å². The quantitative estimate of drug-likeness (QED) is 0.283. The van der Waals surface area contributed by atoms with Crippen LogP contribution in [0.15, 0.2) is 11.8 Å². The second-order valence-corrected chi connectivity index (χ2v) is 21.9. The topological polar surface area (TPSA) is 20.2 Å². The van der Waals surface area contributed by atoms with Crippen LogP contribution in [0, 0.1) is 5.41 Å². The van der Waals surface area contributed by atoms with Crippen molar-refractivity contribution in [2.24, 2.45) is 5.41 Å². The van der Waals surface area contributed by atoms with E-state index in [1.807, 2.05) is 0 Å². The summed E-state index contributed by atoms with van der Waals surface area (Å²) in [6.07, 6.45) is 10.4. The predicted molar refractivity (Wildman–Crippen MR) is 99.9 cm³/mol. The summed E-state index contributed by atoms with van der Waals surface area (Å²) in [7, 11) is 0. The molecule has 0 rings (SSSR count). The molecule has 0 aromatic rings. The van der Waals surface area contributed by atoms with Crippen molar-refractivity contribution in [3.63, 3.8) is 0 Å². The molecule has 0 aromatic heterocycles. The van der Waals surface area contributed by atoms with Crippen LogP contribution in [0.4, 0.5) is 0 Å². The summed E-state index contributed by atoms with van der Waals surface area (Å²) < 4.78 is 5.84. The molecule has 0 fully saturated rings. The third-order valence-corrected chi connectivity index (χ3v) is 19.8. The van der Waals surface area contributed by atoms with Gasteiger partial charge in [-0.2, -0.15) is 0 Å². The molecule has 0 spiro atoms. The third-order valence-electron chi connectivity index (χ3n) is 4.68. The molecular weight excluding hydrogens is 363 g/mol. The molecule has 0 atom stereocenters. The Morgan fingerprint density at radius 2 is 1.24 bits per heavy atom. The average molecular weight is 403 g/mol. The van der Waals surface area contributed by atoms with Crippen LogP contribution < -0.4 is 0 Å². The van der Waals surface area contributed by atoms with Crippen LogP contribution in [0.1, 0.15) is 80.1 Å². The Morgan fingerprint density at radius 3 is 1.52 bits per heavy atom. The van der Waals surface area contributed by atoms with Gasteiger partial charge in [0.25, 0.3) is 0 Å². The molecule has 126 valence electrons. The number of unbranched alkanes of at least 4 members (excludes halogenated alkanes) is 3. The van der Waals surface area contributed by atoms with E-state index in [1.54, 1.807) is 0 Å². The molecule has 0 saturated carbocycles. The monoisotopic (exact) mass is 404 g/mol. The van der Waals surface area contributed by atoms with Crippen molar-refractivity contribution in [2.45, 2.75) is 97.8 Å². The van der Waals surface area contributed by atoms with Gasteiger partial charge in [-0.25, -0.2) is 0 Å². The van der Waals surface area contributed by atoms with E-state index in [0.717, 1.165) is 0 Å². The third kappa shape index (κ3) is 9.15. The van der Waals surface area contributed by atoms with E-state index in [9.17, 15) is 5.11 Å². The summed E-state index contributed by atoms with van der Waals surface area (Å²) in [5.74, 6) is 0.619. The van der Waals surface area contributed by atoms with Gasteiger partial charge >= 0.3 is 139 Å². The fourth-order valence-corrected chi connectivity index (χ4v) is 18.1. The molecule has 0 heterocycles. The van der Waals surface area contributed by atoms with E-state index in [0.29, 0.717) is 5.76 Å². The van der Waals surface area contributed by atoms with Gasteiger partial charge in [0.05, 0.1) is 0 Å². The fourth-order valence-electron chi connectivity index (χ4n) is 2.96. The van der Waals surface area contributed by atoms with E-state index in [-0.39, 0.29) is 5.41 Å². The van der Waals surface area contributed by atoms with Crippen LogP contribution in [0.2, 0.25) is 17.7 Å². The maximum absolute atomic E-state index is 10.3. The predicted octanol–water partition coefficient (Wildman–Crippen LogP) is 7.32. The van der Waals surface area contributed by atoms with Gasteiger partial charge in [-0.3, -0.25) is 0 Å². The van der Waals surface area contributed by atoms with Crippen molar-refractivity contribution >= 4 is 18.4 Å². The Kier molecular flexibility index (Phi) is 11.1. The molecule has 0 aliphatic heterocycles. The van der Waals surface area contributed by atoms with E-state index in [2.05, 4.69) is 47.6 Å². The molecule has 0 amide bonds. The van der Waals surface area contributed by atoms with Gasteiger partial charge in [-0.05, 0) is 0 Å². The van der Waals surface area contributed by atoms with Crippen molar-refractivity contribution in [1.82, 2.24) is 0 Å². The van der Waals surface area contributed by atoms with Crippen LogP contribution in [-0.2, 0) is 0 Å². The molecule has 0 aliphatic rings. The number of hydrogen-bond acceptors (Lipinski definition) is 1. The summed E-state index contributed by atoms with van der Waals surface area (Å²) in [6.45, 7) is 13.3. The van der Waals surface area contributed by atoms with Crippen LogP contribution in [0.5, 0.6) is 0 Å². The minimum absolute atomic E-state index is 0.0854. The van der Waals surface area contributed by atoms with Crippen LogP contribution in [0.25, 0.3) is 0 Å². The van der Waals surface area contributed by atoms with Crippen LogP contribution >= 0.6 is 0 Å². The Morgan fingerprint density at radius 1 is 0.857 bits per heavy atom. The van der Waals surface area contributed by atoms with Crippen molar-refractivity contribution in [3.8, 4) is 0 Å². The van der Waals surface area contributed by atoms with Crippen molar-refractivity contribution < 1.29 is 5.11 Å². The van der Waals surface area contributed by atoms with Crippen molar-refractivity contribution in [3.05, 3.63) is 11.8 Å².